The van der Waals surface area contributed by atoms with Crippen molar-refractivity contribution in [3.8, 4) is 28.7 Å². The third-order valence-corrected chi connectivity index (χ3v) is 6.91. The Kier molecular flexibility index (Phi) is 6.09. The number of nitrogens with one attached hydrogen (secondary N) is 2. The number of aromatic amines is 1. The maximum atomic E-state index is 12.9. The van der Waals surface area contributed by atoms with E-state index in [1.165, 1.54) is 0 Å². The van der Waals surface area contributed by atoms with Crippen molar-refractivity contribution in [1.82, 2.24) is 34.9 Å². The lowest BCUT2D eigenvalue weighted by Gasteiger charge is -2.13. The Bertz CT molecular complexity index is 1720. The Morgan fingerprint density at radius 3 is 2.78 bits per heavy atom. The first-order chi connectivity index (χ1) is 17.3. The highest BCUT2D eigenvalue weighted by atomic mass is 35.5. The van der Waals surface area contributed by atoms with Crippen LogP contribution in [0.2, 0.25) is 5.02 Å². The summed E-state index contributed by atoms with van der Waals surface area (Å²) < 4.78 is 29.7. The molecule has 5 rings (SSSR count). The molecule has 0 radical (unpaired) electrons. The fraction of sp³-hybridized carbons (Fsp3) is 0.130. The van der Waals surface area contributed by atoms with Gasteiger partial charge in [0.25, 0.3) is 0 Å². The lowest BCUT2D eigenvalue weighted by Crippen LogP contribution is -2.20. The number of rotatable bonds is 7. The van der Waals surface area contributed by atoms with Crippen LogP contribution in [0.15, 0.2) is 55.1 Å². The molecule has 0 bridgehead atoms. The number of pyridine rings is 1. The number of halogens is 1. The fourth-order valence-electron chi connectivity index (χ4n) is 3.65. The van der Waals surface area contributed by atoms with Crippen LogP contribution < -0.4 is 4.72 Å². The van der Waals surface area contributed by atoms with Crippen LogP contribution in [-0.2, 0) is 23.5 Å². The molecule has 0 amide bonds. The van der Waals surface area contributed by atoms with E-state index >= 15 is 0 Å². The largest absolute Gasteiger partial charge is 0.276 e. The van der Waals surface area contributed by atoms with Gasteiger partial charge < -0.3 is 0 Å². The maximum absolute atomic E-state index is 12.9. The van der Waals surface area contributed by atoms with Gasteiger partial charge in [0.1, 0.15) is 23.2 Å². The first-order valence-corrected chi connectivity index (χ1v) is 12.7. The molecule has 0 atom stereocenters. The molecule has 0 unspecified atom stereocenters. The van der Waals surface area contributed by atoms with Crippen molar-refractivity contribution in [2.24, 2.45) is 7.05 Å². The van der Waals surface area contributed by atoms with E-state index in [-0.39, 0.29) is 23.7 Å². The molecule has 0 saturated carbocycles. The van der Waals surface area contributed by atoms with Crippen molar-refractivity contribution in [2.45, 2.75) is 6.42 Å². The zero-order valence-electron chi connectivity index (χ0n) is 18.8. The summed E-state index contributed by atoms with van der Waals surface area (Å²) in [6.07, 6.45) is 6.81. The summed E-state index contributed by atoms with van der Waals surface area (Å²) in [5.74, 6) is -0.401. The summed E-state index contributed by atoms with van der Waals surface area (Å²) in [5.41, 5.74) is 2.88. The number of aryl methyl sites for hydroxylation is 2. The number of H-pyrrole nitrogens is 1. The lowest BCUT2D eigenvalue weighted by atomic mass is 10.1. The maximum Gasteiger partial charge on any atom is 0.234 e. The SMILES string of the molecule is Cn1ccc(-c2nc(NS(=O)(=O)CCc3cccnc3)c(C#N)nc2-c2cc(Cl)c3[nH]ncc3c2)n1. The number of benzene rings is 1. The van der Waals surface area contributed by atoms with Gasteiger partial charge in [0.05, 0.1) is 22.5 Å². The summed E-state index contributed by atoms with van der Waals surface area (Å²) in [6.45, 7) is 0. The van der Waals surface area contributed by atoms with Gasteiger partial charge in [-0.3, -0.25) is 19.5 Å². The van der Waals surface area contributed by atoms with Gasteiger partial charge in [0, 0.05) is 36.6 Å². The highest BCUT2D eigenvalue weighted by Gasteiger charge is 2.22. The van der Waals surface area contributed by atoms with Crippen molar-refractivity contribution < 1.29 is 8.42 Å². The van der Waals surface area contributed by atoms with Crippen LogP contribution in [0.1, 0.15) is 11.3 Å². The van der Waals surface area contributed by atoms with E-state index < -0.39 is 10.0 Å². The zero-order chi connectivity index (χ0) is 25.3. The monoisotopic (exact) mass is 519 g/mol. The molecular weight excluding hydrogens is 502 g/mol. The van der Waals surface area contributed by atoms with E-state index in [0.717, 1.165) is 10.9 Å². The van der Waals surface area contributed by atoms with Gasteiger partial charge in [0.15, 0.2) is 11.5 Å². The summed E-state index contributed by atoms with van der Waals surface area (Å²) in [6, 6.07) is 10.7. The molecule has 13 heteroatoms. The number of anilines is 1. The highest BCUT2D eigenvalue weighted by Crippen LogP contribution is 2.34. The van der Waals surface area contributed by atoms with Crippen molar-refractivity contribution >= 4 is 38.3 Å². The second kappa shape index (κ2) is 9.37. The molecular formula is C23H18ClN9O2S. The minimum atomic E-state index is -3.86. The van der Waals surface area contributed by atoms with Crippen LogP contribution in [0.3, 0.4) is 0 Å². The van der Waals surface area contributed by atoms with Crippen molar-refractivity contribution in [3.63, 3.8) is 0 Å². The molecule has 0 aliphatic carbocycles. The average Bonchev–Trinajstić information content (AvgIpc) is 3.52. The van der Waals surface area contributed by atoms with Gasteiger partial charge in [-0.2, -0.15) is 15.5 Å². The van der Waals surface area contributed by atoms with E-state index in [9.17, 15) is 13.7 Å². The van der Waals surface area contributed by atoms with Crippen LogP contribution in [0.5, 0.6) is 0 Å². The molecule has 180 valence electrons. The molecule has 11 nitrogen and oxygen atoms in total. The molecule has 5 aromatic rings. The number of hydrogen-bond acceptors (Lipinski definition) is 8. The summed E-state index contributed by atoms with van der Waals surface area (Å²) in [7, 11) is -2.11. The second-order valence-corrected chi connectivity index (χ2v) is 10.2. The highest BCUT2D eigenvalue weighted by molar-refractivity contribution is 7.92. The van der Waals surface area contributed by atoms with E-state index in [1.807, 2.05) is 6.07 Å². The van der Waals surface area contributed by atoms with Gasteiger partial charge in [-0.1, -0.05) is 17.7 Å². The minimum Gasteiger partial charge on any atom is -0.276 e. The third kappa shape index (κ3) is 4.74. The normalized spacial score (nSPS) is 11.5. The predicted molar refractivity (Wildman–Crippen MR) is 134 cm³/mol. The van der Waals surface area contributed by atoms with E-state index in [1.54, 1.807) is 66.8 Å². The Hall–Kier alpha value is -4.34. The van der Waals surface area contributed by atoms with Gasteiger partial charge in [-0.05, 0) is 36.2 Å². The molecule has 4 heterocycles. The number of hydrogen-bond donors (Lipinski definition) is 2. The van der Waals surface area contributed by atoms with E-state index in [4.69, 9.17) is 11.6 Å². The number of sulfonamides is 1. The van der Waals surface area contributed by atoms with E-state index in [2.05, 4.69) is 35.0 Å². The van der Waals surface area contributed by atoms with Crippen molar-refractivity contribution in [1.29, 1.82) is 5.26 Å². The van der Waals surface area contributed by atoms with Crippen LogP contribution in [0.4, 0.5) is 5.82 Å². The minimum absolute atomic E-state index is 0.177. The first kappa shape index (κ1) is 23.4. The van der Waals surface area contributed by atoms with E-state index in [0.29, 0.717) is 33.2 Å². The zero-order valence-corrected chi connectivity index (χ0v) is 20.4. The van der Waals surface area contributed by atoms with Gasteiger partial charge in [0.2, 0.25) is 10.0 Å². The second-order valence-electron chi connectivity index (χ2n) is 7.93. The molecule has 0 fully saturated rings. The fourth-order valence-corrected chi connectivity index (χ4v) is 4.97. The van der Waals surface area contributed by atoms with Gasteiger partial charge >= 0.3 is 0 Å². The van der Waals surface area contributed by atoms with Crippen LogP contribution in [0, 0.1) is 11.3 Å². The number of fused-ring (bicyclic) bond motifs is 1. The van der Waals surface area contributed by atoms with Crippen molar-refractivity contribution in [2.75, 3.05) is 10.5 Å². The Labute approximate surface area is 210 Å². The molecule has 0 aliphatic rings. The summed E-state index contributed by atoms with van der Waals surface area (Å²) in [5, 5.41) is 22.2. The molecule has 2 N–H and O–H groups in total. The smallest absolute Gasteiger partial charge is 0.234 e. The number of aromatic nitrogens is 7. The third-order valence-electron chi connectivity index (χ3n) is 5.37. The standard InChI is InChI=1S/C23H18ClN9O2S/c1-33-7-4-18(31-33)22-21(15-9-16-13-27-30-20(16)17(24)10-15)28-19(11-25)23(29-22)32-36(34,35)8-5-14-3-2-6-26-12-14/h2-4,6-7,9-10,12-13H,5,8H2,1H3,(H,27,30)(H,29,32). The predicted octanol–water partition coefficient (Wildman–Crippen LogP) is 3.32. The first-order valence-electron chi connectivity index (χ1n) is 10.7. The Morgan fingerprint density at radius 2 is 2.06 bits per heavy atom. The molecule has 36 heavy (non-hydrogen) atoms. The molecule has 1 aromatic carbocycles. The number of nitrogens with zero attached hydrogens (tertiary/aromatic N) is 7. The lowest BCUT2D eigenvalue weighted by molar-refractivity contribution is 0.600. The topological polar surface area (TPSA) is 155 Å². The van der Waals surface area contributed by atoms with Crippen LogP contribution in [0.25, 0.3) is 33.5 Å². The van der Waals surface area contributed by atoms with Gasteiger partial charge in [-0.15, -0.1) is 0 Å². The van der Waals surface area contributed by atoms with Crippen LogP contribution >= 0.6 is 11.6 Å². The van der Waals surface area contributed by atoms with Crippen molar-refractivity contribution in [3.05, 3.63) is 71.4 Å². The summed E-state index contributed by atoms with van der Waals surface area (Å²) in [4.78, 5) is 13.0. The average molecular weight is 520 g/mol. The Morgan fingerprint density at radius 1 is 1.19 bits per heavy atom. The number of nitriles is 1. The molecule has 4 aromatic heterocycles. The molecule has 0 aliphatic heterocycles. The van der Waals surface area contributed by atoms with Crippen LogP contribution in [-0.4, -0.2) is 49.1 Å². The quantitative estimate of drug-likeness (QED) is 0.331. The summed E-state index contributed by atoms with van der Waals surface area (Å²) >= 11 is 6.43. The Balaban J connectivity index is 1.58. The molecule has 0 spiro atoms. The van der Waals surface area contributed by atoms with Gasteiger partial charge in [-0.25, -0.2) is 18.4 Å². The molecule has 0 saturated heterocycles.